The molecular formula is C9H9NO5. The van der Waals surface area contributed by atoms with Crippen molar-refractivity contribution >= 4 is 24.4 Å². The molecule has 1 atom stereocenters. The van der Waals surface area contributed by atoms with Crippen LogP contribution >= 0.6 is 0 Å². The number of hydrogen-bond donors (Lipinski definition) is 1. The van der Waals surface area contributed by atoms with Gasteiger partial charge < -0.3 is 14.6 Å². The number of carboxylic acids is 1. The van der Waals surface area contributed by atoms with Crippen molar-refractivity contribution in [1.82, 2.24) is 0 Å². The number of carbonyl (C=O) groups excluding carboxylic acids is 2. The minimum atomic E-state index is -1.21. The van der Waals surface area contributed by atoms with Crippen LogP contribution in [0.5, 0.6) is 0 Å². The van der Waals surface area contributed by atoms with Crippen LogP contribution in [0, 0.1) is 0 Å². The highest BCUT2D eigenvalue weighted by Gasteiger charge is 2.20. The van der Waals surface area contributed by atoms with Crippen LogP contribution in [0.2, 0.25) is 0 Å². The Bertz CT molecular complexity index is 344. The van der Waals surface area contributed by atoms with E-state index in [1.807, 2.05) is 0 Å². The van der Waals surface area contributed by atoms with Gasteiger partial charge in [0, 0.05) is 12.8 Å². The highest BCUT2D eigenvalue weighted by Crippen LogP contribution is 2.17. The second kappa shape index (κ2) is 5.04. The number of hydrogen-bond acceptors (Lipinski definition) is 5. The Balaban J connectivity index is 2.85. The lowest BCUT2D eigenvalue weighted by atomic mass is 10.0. The van der Waals surface area contributed by atoms with E-state index in [0.29, 0.717) is 11.9 Å². The molecule has 0 spiro atoms. The first-order chi connectivity index (χ1) is 7.17. The van der Waals surface area contributed by atoms with Gasteiger partial charge in [-0.25, -0.2) is 9.79 Å². The van der Waals surface area contributed by atoms with Gasteiger partial charge in [0.25, 0.3) is 6.47 Å². The monoisotopic (exact) mass is 211 g/mol. The minimum Gasteiger partial charge on any atom is -0.477 e. The molecule has 0 radical (unpaired) electrons. The Morgan fingerprint density at radius 1 is 1.67 bits per heavy atom. The molecule has 0 saturated carbocycles. The first kappa shape index (κ1) is 11.1. The van der Waals surface area contributed by atoms with Crippen LogP contribution in [0.1, 0.15) is 12.8 Å². The third kappa shape index (κ3) is 3.01. The quantitative estimate of drug-likeness (QED) is 0.642. The molecule has 1 unspecified atom stereocenters. The largest absolute Gasteiger partial charge is 0.477 e. The molecule has 0 fully saturated rings. The Labute approximate surface area is 85.3 Å². The van der Waals surface area contributed by atoms with Gasteiger partial charge in [-0.1, -0.05) is 5.57 Å². The standard InChI is InChI=1S/C9H9NO5/c11-2-1-6-3-7(9(13)14)10-8(4-6)15-5-12/h2-3,5,8H,1,4H2,(H,13,14). The van der Waals surface area contributed by atoms with Gasteiger partial charge in [0.1, 0.15) is 12.0 Å². The van der Waals surface area contributed by atoms with Crippen molar-refractivity contribution in [2.24, 2.45) is 4.99 Å². The second-order valence-electron chi connectivity index (χ2n) is 2.88. The number of rotatable bonds is 5. The van der Waals surface area contributed by atoms with Crippen molar-refractivity contribution in [3.63, 3.8) is 0 Å². The summed E-state index contributed by atoms with van der Waals surface area (Å²) in [5.74, 6) is -1.21. The number of aldehydes is 1. The number of carboxylic acid groups (broad SMARTS) is 1. The Kier molecular flexibility index (Phi) is 3.73. The first-order valence-electron chi connectivity index (χ1n) is 4.20. The van der Waals surface area contributed by atoms with Gasteiger partial charge in [0.2, 0.25) is 0 Å². The van der Waals surface area contributed by atoms with E-state index >= 15 is 0 Å². The fourth-order valence-corrected chi connectivity index (χ4v) is 1.22. The number of nitrogens with zero attached hydrogens (tertiary/aromatic N) is 1. The second-order valence-corrected chi connectivity index (χ2v) is 2.88. The number of ether oxygens (including phenoxy) is 1. The fourth-order valence-electron chi connectivity index (χ4n) is 1.22. The molecule has 80 valence electrons. The summed E-state index contributed by atoms with van der Waals surface area (Å²) in [5, 5.41) is 8.70. The van der Waals surface area contributed by atoms with E-state index in [4.69, 9.17) is 5.11 Å². The molecule has 1 rings (SSSR count). The van der Waals surface area contributed by atoms with Crippen LogP contribution in [0.4, 0.5) is 0 Å². The van der Waals surface area contributed by atoms with E-state index in [-0.39, 0.29) is 25.0 Å². The molecule has 0 aromatic rings. The van der Waals surface area contributed by atoms with Gasteiger partial charge in [-0.15, -0.1) is 0 Å². The van der Waals surface area contributed by atoms with Crippen molar-refractivity contribution in [1.29, 1.82) is 0 Å². The summed E-state index contributed by atoms with van der Waals surface area (Å²) in [6, 6.07) is 0. The maximum Gasteiger partial charge on any atom is 0.354 e. The van der Waals surface area contributed by atoms with Gasteiger partial charge in [0.05, 0.1) is 0 Å². The Morgan fingerprint density at radius 3 is 2.93 bits per heavy atom. The molecule has 6 heteroatoms. The molecule has 1 N–H and O–H groups in total. The van der Waals surface area contributed by atoms with E-state index in [1.54, 1.807) is 0 Å². The predicted octanol–water partition coefficient (Wildman–Crippen LogP) is -0.0698. The molecule has 0 aliphatic carbocycles. The van der Waals surface area contributed by atoms with Crippen LogP contribution < -0.4 is 0 Å². The van der Waals surface area contributed by atoms with Gasteiger partial charge in [-0.3, -0.25) is 4.79 Å². The first-order valence-corrected chi connectivity index (χ1v) is 4.20. The SMILES string of the molecule is O=CCC1=CC(C(=O)O)=NC(OC=O)C1. The lowest BCUT2D eigenvalue weighted by Gasteiger charge is -2.16. The van der Waals surface area contributed by atoms with E-state index in [1.165, 1.54) is 6.08 Å². The van der Waals surface area contributed by atoms with Gasteiger partial charge in [-0.05, 0) is 6.08 Å². The summed E-state index contributed by atoms with van der Waals surface area (Å²) < 4.78 is 4.55. The fraction of sp³-hybridized carbons (Fsp3) is 0.333. The smallest absolute Gasteiger partial charge is 0.354 e. The maximum absolute atomic E-state index is 10.6. The minimum absolute atomic E-state index is 0.116. The lowest BCUT2D eigenvalue weighted by Crippen LogP contribution is -2.22. The average molecular weight is 211 g/mol. The number of aliphatic imine (C=N–C) groups is 1. The van der Waals surface area contributed by atoms with Gasteiger partial charge in [0.15, 0.2) is 6.23 Å². The zero-order chi connectivity index (χ0) is 11.3. The molecule has 1 aliphatic rings. The zero-order valence-corrected chi connectivity index (χ0v) is 7.75. The van der Waals surface area contributed by atoms with Crippen molar-refractivity contribution in [2.75, 3.05) is 0 Å². The molecule has 0 saturated heterocycles. The molecule has 6 nitrogen and oxygen atoms in total. The maximum atomic E-state index is 10.6. The van der Waals surface area contributed by atoms with E-state index in [0.717, 1.165) is 0 Å². The summed E-state index contributed by atoms with van der Waals surface area (Å²) in [5.41, 5.74) is 0.384. The average Bonchev–Trinajstić information content (AvgIpc) is 2.18. The highest BCUT2D eigenvalue weighted by atomic mass is 16.5. The highest BCUT2D eigenvalue weighted by molar-refractivity contribution is 6.40. The molecule has 1 aliphatic heterocycles. The van der Waals surface area contributed by atoms with Crippen LogP contribution in [0.3, 0.4) is 0 Å². The summed E-state index contributed by atoms with van der Waals surface area (Å²) in [7, 11) is 0. The third-order valence-electron chi connectivity index (χ3n) is 1.84. The zero-order valence-electron chi connectivity index (χ0n) is 7.75. The topological polar surface area (TPSA) is 93.0 Å². The number of carbonyl (C=O) groups is 3. The molecular weight excluding hydrogens is 202 g/mol. The molecule has 1 heterocycles. The van der Waals surface area contributed by atoms with Crippen LogP contribution in [-0.4, -0.2) is 35.8 Å². The van der Waals surface area contributed by atoms with Gasteiger partial charge in [-0.2, -0.15) is 0 Å². The number of aliphatic carboxylic acids is 1. The lowest BCUT2D eigenvalue weighted by molar-refractivity contribution is -0.134. The van der Waals surface area contributed by atoms with Crippen molar-refractivity contribution < 1.29 is 24.2 Å². The Morgan fingerprint density at radius 2 is 2.40 bits per heavy atom. The van der Waals surface area contributed by atoms with Crippen LogP contribution in [0.25, 0.3) is 0 Å². The van der Waals surface area contributed by atoms with E-state index < -0.39 is 12.2 Å². The van der Waals surface area contributed by atoms with E-state index in [2.05, 4.69) is 9.73 Å². The summed E-state index contributed by atoms with van der Waals surface area (Å²) >= 11 is 0. The summed E-state index contributed by atoms with van der Waals surface area (Å²) in [6.45, 7) is 0.206. The summed E-state index contributed by atoms with van der Waals surface area (Å²) in [4.78, 5) is 34.7. The molecule has 0 amide bonds. The molecule has 0 aromatic heterocycles. The normalized spacial score (nSPS) is 19.9. The van der Waals surface area contributed by atoms with Gasteiger partial charge >= 0.3 is 5.97 Å². The number of dihydropyridines is 1. The van der Waals surface area contributed by atoms with Crippen molar-refractivity contribution in [3.05, 3.63) is 11.6 Å². The van der Waals surface area contributed by atoms with Crippen LogP contribution in [-0.2, 0) is 19.1 Å². The van der Waals surface area contributed by atoms with Crippen molar-refractivity contribution in [2.45, 2.75) is 19.1 Å². The van der Waals surface area contributed by atoms with E-state index in [9.17, 15) is 14.4 Å². The van der Waals surface area contributed by atoms with Crippen LogP contribution in [0.15, 0.2) is 16.6 Å². The summed E-state index contributed by atoms with van der Waals surface area (Å²) in [6.07, 6.45) is 1.52. The molecule has 0 bridgehead atoms. The van der Waals surface area contributed by atoms with Crippen molar-refractivity contribution in [3.8, 4) is 0 Å². The molecule has 0 aromatic carbocycles. The predicted molar refractivity (Wildman–Crippen MR) is 49.4 cm³/mol. The molecule has 15 heavy (non-hydrogen) atoms. The Hall–Kier alpha value is -1.98. The third-order valence-corrected chi connectivity index (χ3v) is 1.84.